The van der Waals surface area contributed by atoms with Gasteiger partial charge in [0.25, 0.3) is 0 Å². The second-order valence-corrected chi connectivity index (χ2v) is 5.61. The number of aryl methyl sites for hydroxylation is 1. The molecule has 1 aliphatic rings. The Labute approximate surface area is 129 Å². The molecule has 3 rings (SSSR count). The predicted molar refractivity (Wildman–Crippen MR) is 85.4 cm³/mol. The van der Waals surface area contributed by atoms with Crippen molar-refractivity contribution in [2.45, 2.75) is 26.3 Å². The Morgan fingerprint density at radius 1 is 1.14 bits per heavy atom. The molecule has 1 atom stereocenters. The van der Waals surface area contributed by atoms with E-state index in [0.717, 1.165) is 17.9 Å². The summed E-state index contributed by atoms with van der Waals surface area (Å²) in [5.41, 5.74) is 3.37. The summed E-state index contributed by atoms with van der Waals surface area (Å²) in [5.74, 6) is 1.44. The van der Waals surface area contributed by atoms with Gasteiger partial charge in [0.15, 0.2) is 11.5 Å². The summed E-state index contributed by atoms with van der Waals surface area (Å²) in [4.78, 5) is 0. The van der Waals surface area contributed by atoms with Crippen molar-refractivity contribution >= 4 is 17.3 Å². The van der Waals surface area contributed by atoms with E-state index in [1.807, 2.05) is 6.07 Å². The molecule has 0 bridgehead atoms. The first-order valence-electron chi connectivity index (χ1n) is 7.09. The predicted octanol–water partition coefficient (Wildman–Crippen LogP) is 4.94. The van der Waals surface area contributed by atoms with Crippen molar-refractivity contribution in [1.82, 2.24) is 0 Å². The summed E-state index contributed by atoms with van der Waals surface area (Å²) in [6.07, 6.45) is 0.966. The molecule has 2 aromatic rings. The maximum atomic E-state index is 6.32. The van der Waals surface area contributed by atoms with Gasteiger partial charge in [-0.25, -0.2) is 0 Å². The molecule has 4 heteroatoms. The van der Waals surface area contributed by atoms with Crippen LogP contribution in [0.4, 0.5) is 5.69 Å². The number of hydrogen-bond donors (Lipinski definition) is 1. The second-order valence-electron chi connectivity index (χ2n) is 5.20. The van der Waals surface area contributed by atoms with Crippen LogP contribution in [-0.4, -0.2) is 6.79 Å². The smallest absolute Gasteiger partial charge is 0.231 e. The van der Waals surface area contributed by atoms with Gasteiger partial charge in [-0.3, -0.25) is 0 Å². The molecule has 1 aliphatic heterocycles. The monoisotopic (exact) mass is 303 g/mol. The molecule has 1 unspecified atom stereocenters. The molecule has 21 heavy (non-hydrogen) atoms. The Balaban J connectivity index is 1.85. The Hall–Kier alpha value is -1.87. The van der Waals surface area contributed by atoms with E-state index in [1.165, 1.54) is 11.1 Å². The fourth-order valence-corrected chi connectivity index (χ4v) is 2.64. The van der Waals surface area contributed by atoms with Gasteiger partial charge in [-0.05, 0) is 18.9 Å². The van der Waals surface area contributed by atoms with Crippen molar-refractivity contribution in [2.75, 3.05) is 12.1 Å². The highest BCUT2D eigenvalue weighted by molar-refractivity contribution is 6.33. The highest BCUT2D eigenvalue weighted by atomic mass is 35.5. The highest BCUT2D eigenvalue weighted by Crippen LogP contribution is 2.40. The minimum atomic E-state index is 0.212. The van der Waals surface area contributed by atoms with E-state index < -0.39 is 0 Å². The second kappa shape index (κ2) is 5.86. The van der Waals surface area contributed by atoms with Gasteiger partial charge in [0.1, 0.15) is 0 Å². The van der Waals surface area contributed by atoms with E-state index in [-0.39, 0.29) is 12.8 Å². The minimum Gasteiger partial charge on any atom is -0.454 e. The topological polar surface area (TPSA) is 30.5 Å². The third-order valence-electron chi connectivity index (χ3n) is 3.68. The standard InChI is InChI=1S/C17H18ClNO2/c1-3-14(12-6-4-11(2)5-7-12)19-15-9-17-16(8-13(15)18)20-10-21-17/h4-9,14,19H,3,10H2,1-2H3. The molecule has 0 aromatic heterocycles. The normalized spacial score (nSPS) is 14.0. The lowest BCUT2D eigenvalue weighted by molar-refractivity contribution is 0.174. The van der Waals surface area contributed by atoms with Crippen LogP contribution in [0.2, 0.25) is 5.02 Å². The molecule has 0 aliphatic carbocycles. The quantitative estimate of drug-likeness (QED) is 0.867. The molecule has 0 radical (unpaired) electrons. The molecule has 0 spiro atoms. The number of benzene rings is 2. The summed E-state index contributed by atoms with van der Waals surface area (Å²) in [7, 11) is 0. The zero-order chi connectivity index (χ0) is 14.8. The minimum absolute atomic E-state index is 0.212. The maximum Gasteiger partial charge on any atom is 0.231 e. The first-order valence-corrected chi connectivity index (χ1v) is 7.47. The molecule has 1 N–H and O–H groups in total. The third kappa shape index (κ3) is 2.93. The van der Waals surface area contributed by atoms with Crippen molar-refractivity contribution in [1.29, 1.82) is 0 Å². The number of anilines is 1. The molecule has 0 fully saturated rings. The van der Waals surface area contributed by atoms with Crippen molar-refractivity contribution in [3.63, 3.8) is 0 Å². The number of fused-ring (bicyclic) bond motifs is 1. The average molecular weight is 304 g/mol. The molecular weight excluding hydrogens is 286 g/mol. The molecular formula is C17H18ClNO2. The summed E-state index contributed by atoms with van der Waals surface area (Å²) >= 11 is 6.32. The Kier molecular flexibility index (Phi) is 3.93. The van der Waals surface area contributed by atoms with Crippen LogP contribution in [0.3, 0.4) is 0 Å². The SMILES string of the molecule is CCC(Nc1cc2c(cc1Cl)OCO2)c1ccc(C)cc1. The molecule has 3 nitrogen and oxygen atoms in total. The van der Waals surface area contributed by atoms with Crippen LogP contribution in [-0.2, 0) is 0 Å². The van der Waals surface area contributed by atoms with E-state index in [1.54, 1.807) is 6.07 Å². The number of halogens is 1. The van der Waals surface area contributed by atoms with Gasteiger partial charge in [0.05, 0.1) is 16.8 Å². The fourth-order valence-electron chi connectivity index (χ4n) is 2.44. The van der Waals surface area contributed by atoms with Gasteiger partial charge >= 0.3 is 0 Å². The largest absolute Gasteiger partial charge is 0.454 e. The van der Waals surface area contributed by atoms with Crippen LogP contribution >= 0.6 is 11.6 Å². The van der Waals surface area contributed by atoms with Gasteiger partial charge < -0.3 is 14.8 Å². The van der Waals surface area contributed by atoms with Crippen LogP contribution in [0.5, 0.6) is 11.5 Å². The van der Waals surface area contributed by atoms with Crippen molar-refractivity contribution in [3.8, 4) is 11.5 Å². The van der Waals surface area contributed by atoms with E-state index in [9.17, 15) is 0 Å². The Bertz CT molecular complexity index is 640. The van der Waals surface area contributed by atoms with Crippen LogP contribution in [0.25, 0.3) is 0 Å². The average Bonchev–Trinajstić information content (AvgIpc) is 2.93. The summed E-state index contributed by atoms with van der Waals surface area (Å²) < 4.78 is 10.7. The Morgan fingerprint density at radius 3 is 2.48 bits per heavy atom. The lowest BCUT2D eigenvalue weighted by Crippen LogP contribution is -2.10. The van der Waals surface area contributed by atoms with E-state index >= 15 is 0 Å². The number of rotatable bonds is 4. The van der Waals surface area contributed by atoms with Gasteiger partial charge in [-0.1, -0.05) is 48.4 Å². The summed E-state index contributed by atoms with van der Waals surface area (Å²) in [6, 6.07) is 12.5. The fraction of sp³-hybridized carbons (Fsp3) is 0.294. The molecule has 1 heterocycles. The number of nitrogens with one attached hydrogen (secondary N) is 1. The van der Waals surface area contributed by atoms with Crippen molar-refractivity contribution in [2.24, 2.45) is 0 Å². The van der Waals surface area contributed by atoms with E-state index in [2.05, 4.69) is 43.4 Å². The lowest BCUT2D eigenvalue weighted by atomic mass is 10.0. The molecule has 0 amide bonds. The lowest BCUT2D eigenvalue weighted by Gasteiger charge is -2.20. The van der Waals surface area contributed by atoms with Gasteiger partial charge in [0, 0.05) is 12.1 Å². The van der Waals surface area contributed by atoms with Crippen molar-refractivity contribution in [3.05, 3.63) is 52.5 Å². The van der Waals surface area contributed by atoms with E-state index in [4.69, 9.17) is 21.1 Å². The van der Waals surface area contributed by atoms with Crippen LogP contribution in [0, 0.1) is 6.92 Å². The zero-order valence-electron chi connectivity index (χ0n) is 12.2. The first kappa shape index (κ1) is 14.1. The summed E-state index contributed by atoms with van der Waals surface area (Å²) in [5, 5.41) is 4.14. The highest BCUT2D eigenvalue weighted by Gasteiger charge is 2.18. The molecule has 0 saturated heterocycles. The van der Waals surface area contributed by atoms with Gasteiger partial charge in [-0.15, -0.1) is 0 Å². The number of ether oxygens (including phenoxy) is 2. The molecule has 2 aromatic carbocycles. The van der Waals surface area contributed by atoms with Crippen molar-refractivity contribution < 1.29 is 9.47 Å². The van der Waals surface area contributed by atoms with E-state index in [0.29, 0.717) is 10.8 Å². The van der Waals surface area contributed by atoms with Gasteiger partial charge in [-0.2, -0.15) is 0 Å². The third-order valence-corrected chi connectivity index (χ3v) is 3.99. The van der Waals surface area contributed by atoms with Crippen LogP contribution in [0.1, 0.15) is 30.5 Å². The first-order chi connectivity index (χ1) is 10.2. The maximum absolute atomic E-state index is 6.32. The molecule has 110 valence electrons. The number of hydrogen-bond acceptors (Lipinski definition) is 3. The van der Waals surface area contributed by atoms with Gasteiger partial charge in [0.2, 0.25) is 6.79 Å². The zero-order valence-corrected chi connectivity index (χ0v) is 12.9. The Morgan fingerprint density at radius 2 is 1.81 bits per heavy atom. The summed E-state index contributed by atoms with van der Waals surface area (Å²) in [6.45, 7) is 4.50. The van der Waals surface area contributed by atoms with Crippen LogP contribution < -0.4 is 14.8 Å². The molecule has 0 saturated carbocycles. The van der Waals surface area contributed by atoms with Crippen LogP contribution in [0.15, 0.2) is 36.4 Å².